The van der Waals surface area contributed by atoms with Gasteiger partial charge >= 0.3 is 35.8 Å². The maximum atomic E-state index is 12.3. The second-order valence-electron chi connectivity index (χ2n) is 15.3. The quantitative estimate of drug-likeness (QED) is 0.239. The van der Waals surface area contributed by atoms with Crippen molar-refractivity contribution < 1.29 is 71.6 Å². The third-order valence-corrected chi connectivity index (χ3v) is 9.96. The molecule has 0 saturated heterocycles. The van der Waals surface area contributed by atoms with Crippen LogP contribution >= 0.6 is 0 Å². The minimum Gasteiger partial charge on any atom is -0.469 e. The lowest BCUT2D eigenvalue weighted by Gasteiger charge is -2.35. The molecule has 0 spiro atoms. The molecule has 0 bridgehead atoms. The number of carbonyl (C=O) groups excluding carboxylic acids is 9. The summed E-state index contributed by atoms with van der Waals surface area (Å²) >= 11 is 0. The van der Waals surface area contributed by atoms with Crippen LogP contribution in [-0.4, -0.2) is 150 Å². The van der Waals surface area contributed by atoms with E-state index in [4.69, 9.17) is 14.2 Å². The number of esters is 6. The molecule has 3 saturated carbocycles. The molecule has 3 aliphatic carbocycles. The number of carbonyl (C=O) groups is 9. The summed E-state index contributed by atoms with van der Waals surface area (Å²) in [7, 11) is 14.1. The molecular weight excluding hydrogens is 750 g/mol. The molecule has 0 atom stereocenters. The highest BCUT2D eigenvalue weighted by Crippen LogP contribution is 2.37. The molecule has 18 nitrogen and oxygen atoms in total. The first-order valence-corrected chi connectivity index (χ1v) is 18.9. The lowest BCUT2D eigenvalue weighted by Crippen LogP contribution is -2.44. The van der Waals surface area contributed by atoms with Crippen LogP contribution in [0.15, 0.2) is 0 Å². The lowest BCUT2D eigenvalue weighted by molar-refractivity contribution is -0.167. The minimum atomic E-state index is -0.461. The molecular formula is C39H63N3O15. The molecule has 0 unspecified atom stereocenters. The van der Waals surface area contributed by atoms with Gasteiger partial charge in [-0.3, -0.25) is 43.2 Å². The van der Waals surface area contributed by atoms with Crippen LogP contribution in [0, 0.1) is 35.5 Å². The summed E-state index contributed by atoms with van der Waals surface area (Å²) in [6.07, 6.45) is 2.83. The van der Waals surface area contributed by atoms with Gasteiger partial charge in [0.25, 0.3) is 0 Å². The molecule has 0 radical (unpaired) electrons. The van der Waals surface area contributed by atoms with Crippen LogP contribution in [-0.2, 0) is 71.6 Å². The van der Waals surface area contributed by atoms with Gasteiger partial charge < -0.3 is 43.1 Å². The van der Waals surface area contributed by atoms with Crippen molar-refractivity contribution in [3.05, 3.63) is 0 Å². The van der Waals surface area contributed by atoms with Gasteiger partial charge in [-0.25, -0.2) is 0 Å². The molecule has 324 valence electrons. The van der Waals surface area contributed by atoms with Gasteiger partial charge in [0.1, 0.15) is 18.3 Å². The fourth-order valence-electron chi connectivity index (χ4n) is 7.58. The topological polar surface area (TPSA) is 219 Å². The van der Waals surface area contributed by atoms with Crippen molar-refractivity contribution in [2.24, 2.45) is 35.5 Å². The highest BCUT2D eigenvalue weighted by molar-refractivity contribution is 5.85. The van der Waals surface area contributed by atoms with E-state index in [1.165, 1.54) is 42.1 Å². The van der Waals surface area contributed by atoms with Gasteiger partial charge in [-0.1, -0.05) is 0 Å². The van der Waals surface area contributed by atoms with E-state index in [2.05, 4.69) is 14.2 Å². The zero-order valence-corrected chi connectivity index (χ0v) is 35.5. The van der Waals surface area contributed by atoms with Gasteiger partial charge in [-0.05, 0) is 38.5 Å². The number of hydrogen-bond acceptors (Lipinski definition) is 15. The van der Waals surface area contributed by atoms with Crippen LogP contribution in [0.1, 0.15) is 78.6 Å². The fraction of sp³-hybridized carbons (Fsp3) is 0.769. The Hall–Kier alpha value is -4.77. The summed E-state index contributed by atoms with van der Waals surface area (Å²) in [5.74, 6) is -4.54. The summed E-state index contributed by atoms with van der Waals surface area (Å²) in [4.78, 5) is 109. The third kappa shape index (κ3) is 17.1. The highest BCUT2D eigenvalue weighted by Gasteiger charge is 2.42. The van der Waals surface area contributed by atoms with Crippen molar-refractivity contribution in [3.63, 3.8) is 0 Å². The first-order chi connectivity index (χ1) is 26.5. The summed E-state index contributed by atoms with van der Waals surface area (Å²) in [6.45, 7) is 3.95. The smallest absolute Gasteiger partial charge is 0.308 e. The van der Waals surface area contributed by atoms with E-state index in [1.807, 2.05) is 0 Å². The molecule has 57 heavy (non-hydrogen) atoms. The van der Waals surface area contributed by atoms with E-state index in [9.17, 15) is 43.2 Å². The first-order valence-electron chi connectivity index (χ1n) is 18.9. The van der Waals surface area contributed by atoms with Crippen LogP contribution in [0.3, 0.4) is 0 Å². The Bertz CT molecular complexity index is 1250. The Labute approximate surface area is 335 Å². The third-order valence-electron chi connectivity index (χ3n) is 9.96. The number of ether oxygens (including phenoxy) is 6. The minimum absolute atomic E-state index is 0.00260. The molecule has 0 aromatic heterocycles. The fourth-order valence-corrected chi connectivity index (χ4v) is 7.58. The zero-order valence-electron chi connectivity index (χ0n) is 35.5. The molecule has 3 aliphatic rings. The van der Waals surface area contributed by atoms with Gasteiger partial charge in [-0.2, -0.15) is 0 Å². The highest BCUT2D eigenvalue weighted by atomic mass is 16.6. The average molecular weight is 814 g/mol. The van der Waals surface area contributed by atoms with Gasteiger partial charge in [0.05, 0.1) is 39.1 Å². The van der Waals surface area contributed by atoms with Crippen LogP contribution < -0.4 is 0 Å². The summed E-state index contributed by atoms with van der Waals surface area (Å²) in [6, 6.07) is 0. The average Bonchev–Trinajstić information content (AvgIpc) is 3.14. The molecule has 0 aliphatic heterocycles. The molecule has 0 aromatic carbocycles. The monoisotopic (exact) mass is 813 g/mol. The van der Waals surface area contributed by atoms with E-state index in [0.717, 1.165) is 0 Å². The number of nitrogens with zero attached hydrogens (tertiary/aromatic N) is 3. The molecule has 3 amide bonds. The van der Waals surface area contributed by atoms with Crippen LogP contribution in [0.2, 0.25) is 0 Å². The van der Waals surface area contributed by atoms with Crippen LogP contribution in [0.5, 0.6) is 0 Å². The van der Waals surface area contributed by atoms with E-state index in [1.54, 1.807) is 57.0 Å². The largest absolute Gasteiger partial charge is 0.469 e. The van der Waals surface area contributed by atoms with E-state index in [0.29, 0.717) is 57.8 Å². The maximum absolute atomic E-state index is 12.3. The standard InChI is InChI=1S/C15H27N3O3.2C12H18O6/c1-16(2)13(19)10-7-11(14(20)17(3)4)9-12(8-10)15(21)18(5)6;1-16-10(13)7-4-8(11(14)17-2)6-9(5-7)12(15)18-3;1-7(13)16-10-4-11(17-8(2)14)6-12(5-10)18-9(3)15/h10-12H,7-9H2,1-6H3;7-9H,4-6H2,1-3H3;10-12H,4-6H2,1-3H3. The molecule has 0 heterocycles. The number of rotatable bonds is 9. The Morgan fingerprint density at radius 2 is 0.544 bits per heavy atom. The van der Waals surface area contributed by atoms with Crippen LogP contribution in [0.4, 0.5) is 0 Å². The Morgan fingerprint density at radius 3 is 0.702 bits per heavy atom. The Kier molecular flexibility index (Phi) is 21.2. The van der Waals surface area contributed by atoms with Gasteiger partial charge in [0.2, 0.25) is 17.7 Å². The normalized spacial score (nSPS) is 26.4. The predicted octanol–water partition coefficient (Wildman–Crippen LogP) is 1.79. The lowest BCUT2D eigenvalue weighted by atomic mass is 9.73. The number of methoxy groups -OCH3 is 3. The van der Waals surface area contributed by atoms with Gasteiger partial charge in [0.15, 0.2) is 0 Å². The summed E-state index contributed by atoms with van der Waals surface area (Å²) in [5.41, 5.74) is 0. The van der Waals surface area contributed by atoms with Gasteiger partial charge in [0, 0.05) is 100 Å². The number of amides is 3. The Balaban J connectivity index is 0.000000429. The predicted molar refractivity (Wildman–Crippen MR) is 201 cm³/mol. The summed E-state index contributed by atoms with van der Waals surface area (Å²) < 4.78 is 29.3. The van der Waals surface area contributed by atoms with E-state index < -0.39 is 53.6 Å². The second-order valence-corrected chi connectivity index (χ2v) is 15.3. The van der Waals surface area contributed by atoms with Crippen molar-refractivity contribution >= 4 is 53.5 Å². The molecule has 18 heteroatoms. The van der Waals surface area contributed by atoms with Crippen molar-refractivity contribution in [2.75, 3.05) is 63.6 Å². The van der Waals surface area contributed by atoms with Crippen molar-refractivity contribution in [1.29, 1.82) is 0 Å². The Morgan fingerprint density at radius 1 is 0.351 bits per heavy atom. The second kappa shape index (κ2) is 24.1. The molecule has 0 N–H and O–H groups in total. The summed E-state index contributed by atoms with van der Waals surface area (Å²) in [5, 5.41) is 0. The SMILES string of the molecule is CC(=O)OC1CC(OC(C)=O)CC(OC(C)=O)C1.CN(C)C(=O)C1CC(C(=O)N(C)C)CC(C(=O)N(C)C)C1.COC(=O)C1CC(C(=O)OC)CC(C(=O)OC)C1. The molecule has 0 aromatic rings. The van der Waals surface area contributed by atoms with Crippen molar-refractivity contribution in [3.8, 4) is 0 Å². The maximum Gasteiger partial charge on any atom is 0.308 e. The molecule has 3 rings (SSSR count). The van der Waals surface area contributed by atoms with E-state index >= 15 is 0 Å². The van der Waals surface area contributed by atoms with Gasteiger partial charge in [-0.15, -0.1) is 0 Å². The van der Waals surface area contributed by atoms with Crippen molar-refractivity contribution in [2.45, 2.75) is 96.9 Å². The van der Waals surface area contributed by atoms with Crippen LogP contribution in [0.25, 0.3) is 0 Å². The molecule has 3 fully saturated rings. The number of hydrogen-bond donors (Lipinski definition) is 0. The van der Waals surface area contributed by atoms with E-state index in [-0.39, 0.29) is 53.8 Å². The zero-order chi connectivity index (χ0) is 43.7. The van der Waals surface area contributed by atoms with Crippen molar-refractivity contribution in [1.82, 2.24) is 14.7 Å². The first kappa shape index (κ1) is 50.2.